The molecule has 0 saturated carbocycles. The third-order valence-corrected chi connectivity index (χ3v) is 4.30. The first-order chi connectivity index (χ1) is 10.7. The monoisotopic (exact) mass is 322 g/mol. The van der Waals surface area contributed by atoms with Crippen molar-refractivity contribution in [1.82, 2.24) is 5.32 Å². The fourth-order valence-corrected chi connectivity index (χ4v) is 2.16. The minimum atomic E-state index is -0.627. The Morgan fingerprint density at radius 2 is 1.83 bits per heavy atom. The maximum absolute atomic E-state index is 14.2. The molecule has 1 aromatic rings. The van der Waals surface area contributed by atoms with Crippen molar-refractivity contribution in [2.75, 3.05) is 11.9 Å². The lowest BCUT2D eigenvalue weighted by atomic mass is 9.79. The SMILES string of the molecule is CCCNC(=O)Nc1ccc(B2OC(C)(C)C(C)(C)O2)cc1F. The van der Waals surface area contributed by atoms with Crippen LogP contribution in [0.4, 0.5) is 14.9 Å². The minimum Gasteiger partial charge on any atom is -0.399 e. The van der Waals surface area contributed by atoms with Crippen molar-refractivity contribution in [1.29, 1.82) is 0 Å². The smallest absolute Gasteiger partial charge is 0.399 e. The summed E-state index contributed by atoms with van der Waals surface area (Å²) in [5.41, 5.74) is -0.254. The number of nitrogens with one attached hydrogen (secondary N) is 2. The van der Waals surface area contributed by atoms with Crippen molar-refractivity contribution in [2.24, 2.45) is 0 Å². The van der Waals surface area contributed by atoms with Crippen LogP contribution in [0.15, 0.2) is 18.2 Å². The van der Waals surface area contributed by atoms with E-state index in [4.69, 9.17) is 9.31 Å². The number of hydrogen-bond donors (Lipinski definition) is 2. The summed E-state index contributed by atoms with van der Waals surface area (Å²) in [6.45, 7) is 10.3. The van der Waals surface area contributed by atoms with E-state index in [1.807, 2.05) is 34.6 Å². The van der Waals surface area contributed by atoms with E-state index in [1.54, 1.807) is 6.07 Å². The second kappa shape index (κ2) is 6.49. The van der Waals surface area contributed by atoms with Gasteiger partial charge in [0.1, 0.15) is 5.82 Å². The number of anilines is 1. The minimum absolute atomic E-state index is 0.124. The Labute approximate surface area is 137 Å². The van der Waals surface area contributed by atoms with Gasteiger partial charge in [-0.3, -0.25) is 0 Å². The van der Waals surface area contributed by atoms with E-state index in [0.29, 0.717) is 12.0 Å². The van der Waals surface area contributed by atoms with Gasteiger partial charge >= 0.3 is 13.1 Å². The lowest BCUT2D eigenvalue weighted by molar-refractivity contribution is 0.00578. The number of carbonyl (C=O) groups is 1. The molecular formula is C16H24BFN2O3. The van der Waals surface area contributed by atoms with Gasteiger partial charge in [-0.1, -0.05) is 13.0 Å². The quantitative estimate of drug-likeness (QED) is 0.838. The van der Waals surface area contributed by atoms with Crippen molar-refractivity contribution in [3.05, 3.63) is 24.0 Å². The van der Waals surface area contributed by atoms with Crippen LogP contribution in [0.25, 0.3) is 0 Å². The van der Waals surface area contributed by atoms with Gasteiger partial charge in [-0.25, -0.2) is 9.18 Å². The van der Waals surface area contributed by atoms with E-state index in [1.165, 1.54) is 12.1 Å². The van der Waals surface area contributed by atoms with Gasteiger partial charge in [-0.15, -0.1) is 0 Å². The molecule has 1 aliphatic heterocycles. The Bertz CT molecular complexity index is 577. The molecule has 0 spiro atoms. The van der Waals surface area contributed by atoms with E-state index in [0.717, 1.165) is 6.42 Å². The topological polar surface area (TPSA) is 59.6 Å². The molecule has 0 aliphatic carbocycles. The molecule has 23 heavy (non-hydrogen) atoms. The van der Waals surface area contributed by atoms with Crippen LogP contribution < -0.4 is 16.1 Å². The molecule has 0 atom stereocenters. The summed E-state index contributed by atoms with van der Waals surface area (Å²) in [5, 5.41) is 5.12. The maximum Gasteiger partial charge on any atom is 0.494 e. The number of halogens is 1. The summed E-state index contributed by atoms with van der Waals surface area (Å²) in [6.07, 6.45) is 0.816. The molecule has 2 N–H and O–H groups in total. The van der Waals surface area contributed by atoms with Gasteiger partial charge in [0, 0.05) is 6.54 Å². The summed E-state index contributed by atoms with van der Waals surface area (Å²) in [4.78, 5) is 11.6. The first-order valence-corrected chi connectivity index (χ1v) is 7.86. The van der Waals surface area contributed by atoms with Crippen LogP contribution >= 0.6 is 0 Å². The van der Waals surface area contributed by atoms with Crippen molar-refractivity contribution < 1.29 is 18.5 Å². The number of benzene rings is 1. The van der Waals surface area contributed by atoms with Crippen LogP contribution in [0.2, 0.25) is 0 Å². The number of hydrogen-bond acceptors (Lipinski definition) is 3. The van der Waals surface area contributed by atoms with Gasteiger partial charge in [0.2, 0.25) is 0 Å². The highest BCUT2D eigenvalue weighted by Gasteiger charge is 2.51. The summed E-state index contributed by atoms with van der Waals surface area (Å²) in [7, 11) is -0.627. The maximum atomic E-state index is 14.2. The summed E-state index contributed by atoms with van der Waals surface area (Å²) >= 11 is 0. The van der Waals surface area contributed by atoms with Gasteiger partial charge in [-0.2, -0.15) is 0 Å². The number of amides is 2. The normalized spacial score (nSPS) is 18.8. The van der Waals surface area contributed by atoms with Crippen LogP contribution in [0.3, 0.4) is 0 Å². The molecule has 1 heterocycles. The molecule has 2 amide bonds. The van der Waals surface area contributed by atoms with Gasteiger partial charge in [-0.05, 0) is 51.7 Å². The number of carbonyl (C=O) groups excluding carboxylic acids is 1. The zero-order valence-electron chi connectivity index (χ0n) is 14.3. The second-order valence-corrected chi connectivity index (χ2v) is 6.71. The van der Waals surface area contributed by atoms with Crippen molar-refractivity contribution in [3.8, 4) is 0 Å². The van der Waals surface area contributed by atoms with E-state index in [-0.39, 0.29) is 5.69 Å². The highest BCUT2D eigenvalue weighted by Crippen LogP contribution is 2.36. The zero-order valence-corrected chi connectivity index (χ0v) is 14.3. The van der Waals surface area contributed by atoms with Gasteiger partial charge < -0.3 is 19.9 Å². The van der Waals surface area contributed by atoms with E-state index in [9.17, 15) is 9.18 Å². The molecule has 0 bridgehead atoms. The molecule has 126 valence electrons. The van der Waals surface area contributed by atoms with Crippen LogP contribution in [0, 0.1) is 5.82 Å². The Morgan fingerprint density at radius 1 is 1.22 bits per heavy atom. The lowest BCUT2D eigenvalue weighted by Gasteiger charge is -2.32. The molecule has 0 aromatic heterocycles. The standard InChI is InChI=1S/C16H24BFN2O3/c1-6-9-19-14(21)20-13-8-7-11(10-12(13)18)17-22-15(2,3)16(4,5)23-17/h7-8,10H,6,9H2,1-5H3,(H2,19,20,21). The van der Waals surface area contributed by atoms with Crippen LogP contribution in [-0.2, 0) is 9.31 Å². The first-order valence-electron chi connectivity index (χ1n) is 7.86. The molecule has 1 fully saturated rings. The zero-order chi connectivity index (χ0) is 17.3. The third kappa shape index (κ3) is 3.84. The Hall–Kier alpha value is -1.60. The molecular weight excluding hydrogens is 298 g/mol. The summed E-state index contributed by atoms with van der Waals surface area (Å²) < 4.78 is 26.0. The van der Waals surface area contributed by atoms with Gasteiger partial charge in [0.05, 0.1) is 16.9 Å². The summed E-state index contributed by atoms with van der Waals surface area (Å²) in [6, 6.07) is 4.12. The lowest BCUT2D eigenvalue weighted by Crippen LogP contribution is -2.41. The average molecular weight is 322 g/mol. The van der Waals surface area contributed by atoms with E-state index >= 15 is 0 Å². The van der Waals surface area contributed by atoms with Crippen LogP contribution in [-0.4, -0.2) is 30.9 Å². The molecule has 0 unspecified atom stereocenters. The highest BCUT2D eigenvalue weighted by molar-refractivity contribution is 6.62. The number of urea groups is 1. The fourth-order valence-electron chi connectivity index (χ4n) is 2.16. The second-order valence-electron chi connectivity index (χ2n) is 6.71. The number of rotatable bonds is 4. The molecule has 7 heteroatoms. The summed E-state index contributed by atoms with van der Waals surface area (Å²) in [5.74, 6) is -0.524. The van der Waals surface area contributed by atoms with Crippen LogP contribution in [0.5, 0.6) is 0 Å². The molecule has 5 nitrogen and oxygen atoms in total. The average Bonchev–Trinajstić information content (AvgIpc) is 2.67. The van der Waals surface area contributed by atoms with Crippen molar-refractivity contribution >= 4 is 24.3 Å². The predicted molar refractivity (Wildman–Crippen MR) is 89.4 cm³/mol. The largest absolute Gasteiger partial charge is 0.494 e. The molecule has 1 aliphatic rings. The molecule has 2 rings (SSSR count). The van der Waals surface area contributed by atoms with E-state index < -0.39 is 30.2 Å². The third-order valence-electron chi connectivity index (χ3n) is 4.30. The molecule has 0 radical (unpaired) electrons. The Balaban J connectivity index is 2.10. The van der Waals surface area contributed by atoms with Gasteiger partial charge in [0.15, 0.2) is 0 Å². The fraction of sp³-hybridized carbons (Fsp3) is 0.562. The van der Waals surface area contributed by atoms with Crippen molar-refractivity contribution in [3.63, 3.8) is 0 Å². The molecule has 1 aromatic carbocycles. The predicted octanol–water partition coefficient (Wildman–Crippen LogP) is 2.66. The van der Waals surface area contributed by atoms with Crippen LogP contribution in [0.1, 0.15) is 41.0 Å². The Morgan fingerprint density at radius 3 is 2.35 bits per heavy atom. The molecule has 1 saturated heterocycles. The van der Waals surface area contributed by atoms with Gasteiger partial charge in [0.25, 0.3) is 0 Å². The van der Waals surface area contributed by atoms with E-state index in [2.05, 4.69) is 10.6 Å². The first kappa shape index (κ1) is 17.8. The highest BCUT2D eigenvalue weighted by atomic mass is 19.1. The Kier molecular flexibility index (Phi) is 5.01. The van der Waals surface area contributed by atoms with Crippen molar-refractivity contribution in [2.45, 2.75) is 52.2 Å².